The molecule has 0 saturated heterocycles. The predicted octanol–water partition coefficient (Wildman–Crippen LogP) is 2.77. The molecule has 0 atom stereocenters. The Hall–Kier alpha value is -1.78. The topological polar surface area (TPSA) is 99.3 Å². The lowest BCUT2D eigenvalue weighted by atomic mass is 10.0. The molecule has 1 heterocycles. The maximum absolute atomic E-state index is 11.2. The third-order valence-corrected chi connectivity index (χ3v) is 3.33. The number of amides is 2. The quantitative estimate of drug-likeness (QED) is 0.644. The molecule has 0 bridgehead atoms. The smallest absolute Gasteiger partial charge is 0.284 e. The number of carbonyl (C=O) groups is 2. The third kappa shape index (κ3) is 5.07. The van der Waals surface area contributed by atoms with Crippen molar-refractivity contribution in [3.8, 4) is 0 Å². The molecule has 0 aliphatic heterocycles. The van der Waals surface area contributed by atoms with E-state index in [9.17, 15) is 9.59 Å². The molecular formula is C15H24N2O3. The van der Waals surface area contributed by atoms with Gasteiger partial charge < -0.3 is 15.9 Å². The number of primary amides is 2. The Morgan fingerprint density at radius 2 is 1.60 bits per heavy atom. The van der Waals surface area contributed by atoms with E-state index < -0.39 is 11.8 Å². The van der Waals surface area contributed by atoms with Crippen molar-refractivity contribution in [2.75, 3.05) is 0 Å². The van der Waals surface area contributed by atoms with E-state index in [4.69, 9.17) is 15.9 Å². The fraction of sp³-hybridized carbons (Fsp3) is 0.600. The molecule has 0 fully saturated rings. The second-order valence-corrected chi connectivity index (χ2v) is 5.06. The van der Waals surface area contributed by atoms with Crippen molar-refractivity contribution in [2.24, 2.45) is 11.5 Å². The summed E-state index contributed by atoms with van der Waals surface area (Å²) >= 11 is 0. The van der Waals surface area contributed by atoms with E-state index in [1.54, 1.807) is 0 Å². The molecule has 0 saturated carbocycles. The monoisotopic (exact) mass is 280 g/mol. The molecule has 0 radical (unpaired) electrons. The van der Waals surface area contributed by atoms with E-state index in [0.717, 1.165) is 12.8 Å². The Bertz CT molecular complexity index is 452. The summed E-state index contributed by atoms with van der Waals surface area (Å²) in [5.41, 5.74) is 11.0. The van der Waals surface area contributed by atoms with Gasteiger partial charge in [0, 0.05) is 5.56 Å². The Labute approximate surface area is 119 Å². The minimum Gasteiger partial charge on any atom is -0.445 e. The summed E-state index contributed by atoms with van der Waals surface area (Å²) < 4.78 is 5.10. The van der Waals surface area contributed by atoms with Crippen molar-refractivity contribution >= 4 is 11.8 Å². The molecule has 5 nitrogen and oxygen atoms in total. The van der Waals surface area contributed by atoms with Crippen molar-refractivity contribution in [3.05, 3.63) is 23.2 Å². The highest BCUT2D eigenvalue weighted by Gasteiger charge is 2.17. The van der Waals surface area contributed by atoms with Crippen molar-refractivity contribution < 1.29 is 14.0 Å². The van der Waals surface area contributed by atoms with Gasteiger partial charge in [-0.15, -0.1) is 0 Å². The van der Waals surface area contributed by atoms with Gasteiger partial charge in [-0.2, -0.15) is 0 Å². The maximum atomic E-state index is 11.2. The van der Waals surface area contributed by atoms with Gasteiger partial charge in [0.05, 0.1) is 0 Å². The van der Waals surface area contributed by atoms with Crippen molar-refractivity contribution in [2.45, 2.75) is 58.3 Å². The molecule has 0 spiro atoms. The number of aryl methyl sites for hydroxylation is 1. The zero-order valence-corrected chi connectivity index (χ0v) is 12.1. The van der Waals surface area contributed by atoms with Crippen LogP contribution in [0.1, 0.15) is 78.5 Å². The van der Waals surface area contributed by atoms with E-state index in [2.05, 4.69) is 6.92 Å². The number of nitrogens with two attached hydrogens (primary N) is 2. The first-order valence-corrected chi connectivity index (χ1v) is 7.28. The highest BCUT2D eigenvalue weighted by Crippen LogP contribution is 2.18. The average Bonchev–Trinajstić information content (AvgIpc) is 2.82. The van der Waals surface area contributed by atoms with Crippen molar-refractivity contribution in [3.63, 3.8) is 0 Å². The molecule has 5 heteroatoms. The number of carbonyl (C=O) groups excluding carboxylic acids is 2. The second kappa shape index (κ2) is 8.40. The van der Waals surface area contributed by atoms with E-state index in [1.165, 1.54) is 38.2 Å². The van der Waals surface area contributed by atoms with Gasteiger partial charge in [-0.1, -0.05) is 45.4 Å². The molecule has 1 aromatic rings. The Morgan fingerprint density at radius 3 is 2.15 bits per heavy atom. The Morgan fingerprint density at radius 1 is 1.00 bits per heavy atom. The number of rotatable bonds is 10. The molecule has 20 heavy (non-hydrogen) atoms. The molecule has 1 rings (SSSR count). The first kappa shape index (κ1) is 16.3. The van der Waals surface area contributed by atoms with Crippen LogP contribution in [0.15, 0.2) is 10.5 Å². The first-order valence-electron chi connectivity index (χ1n) is 7.28. The van der Waals surface area contributed by atoms with Crippen LogP contribution in [0.4, 0.5) is 0 Å². The summed E-state index contributed by atoms with van der Waals surface area (Å²) in [6.07, 6.45) is 8.97. The Kier molecular flexibility index (Phi) is 6.84. The van der Waals surface area contributed by atoms with E-state index in [0.29, 0.717) is 12.0 Å². The van der Waals surface area contributed by atoms with Crippen LogP contribution in [0.25, 0.3) is 0 Å². The molecular weight excluding hydrogens is 256 g/mol. The van der Waals surface area contributed by atoms with Crippen LogP contribution in [-0.4, -0.2) is 11.8 Å². The van der Waals surface area contributed by atoms with Crippen LogP contribution in [0.3, 0.4) is 0 Å². The van der Waals surface area contributed by atoms with Crippen LogP contribution in [0.5, 0.6) is 0 Å². The summed E-state index contributed by atoms with van der Waals surface area (Å²) in [5, 5.41) is 0. The molecule has 0 aliphatic rings. The summed E-state index contributed by atoms with van der Waals surface area (Å²) in [4.78, 5) is 22.3. The van der Waals surface area contributed by atoms with Crippen LogP contribution in [0, 0.1) is 0 Å². The molecule has 2 amide bonds. The lowest BCUT2D eigenvalue weighted by Crippen LogP contribution is -2.12. The summed E-state index contributed by atoms with van der Waals surface area (Å²) in [7, 11) is 0. The van der Waals surface area contributed by atoms with Crippen molar-refractivity contribution in [1.82, 2.24) is 0 Å². The standard InChI is InChI=1S/C15H24N2O3/c1-2-3-4-5-6-7-8-9-11-10-12(14(16)18)20-13(11)15(17)19/h10H,2-9H2,1H3,(H2,16,18)(H2,17,19). The van der Waals surface area contributed by atoms with Crippen LogP contribution >= 0.6 is 0 Å². The highest BCUT2D eigenvalue weighted by molar-refractivity contribution is 5.95. The van der Waals surface area contributed by atoms with E-state index in [-0.39, 0.29) is 11.5 Å². The lowest BCUT2D eigenvalue weighted by Gasteiger charge is -2.01. The summed E-state index contributed by atoms with van der Waals surface area (Å²) in [6, 6.07) is 1.53. The molecule has 1 aromatic heterocycles. The largest absolute Gasteiger partial charge is 0.445 e. The number of unbranched alkanes of at least 4 members (excludes halogenated alkanes) is 6. The van der Waals surface area contributed by atoms with Gasteiger partial charge in [0.25, 0.3) is 11.8 Å². The van der Waals surface area contributed by atoms with Crippen LogP contribution in [-0.2, 0) is 6.42 Å². The average molecular weight is 280 g/mol. The van der Waals surface area contributed by atoms with E-state index >= 15 is 0 Å². The van der Waals surface area contributed by atoms with Crippen molar-refractivity contribution in [1.29, 1.82) is 0 Å². The van der Waals surface area contributed by atoms with Gasteiger partial charge in [0.15, 0.2) is 11.5 Å². The molecule has 0 unspecified atom stereocenters. The molecule has 4 N–H and O–H groups in total. The molecule has 0 aliphatic carbocycles. The first-order chi connectivity index (χ1) is 9.56. The van der Waals surface area contributed by atoms with Crippen LogP contribution in [0.2, 0.25) is 0 Å². The SMILES string of the molecule is CCCCCCCCCc1cc(C(N)=O)oc1C(N)=O. The minimum absolute atomic E-state index is 0.00301. The van der Waals surface area contributed by atoms with Gasteiger partial charge in [0.2, 0.25) is 0 Å². The fourth-order valence-corrected chi connectivity index (χ4v) is 2.22. The predicted molar refractivity (Wildman–Crippen MR) is 77.4 cm³/mol. The normalized spacial score (nSPS) is 10.7. The Balaban J connectivity index is 2.42. The summed E-state index contributed by atoms with van der Waals surface area (Å²) in [6.45, 7) is 2.20. The number of furan rings is 1. The number of hydrogen-bond acceptors (Lipinski definition) is 3. The fourth-order valence-electron chi connectivity index (χ4n) is 2.22. The van der Waals surface area contributed by atoms with Gasteiger partial charge in [-0.25, -0.2) is 0 Å². The second-order valence-electron chi connectivity index (χ2n) is 5.06. The van der Waals surface area contributed by atoms with Gasteiger partial charge >= 0.3 is 0 Å². The minimum atomic E-state index is -0.682. The van der Waals surface area contributed by atoms with E-state index in [1.807, 2.05) is 0 Å². The van der Waals surface area contributed by atoms with Gasteiger partial charge in [0.1, 0.15) is 0 Å². The maximum Gasteiger partial charge on any atom is 0.284 e. The van der Waals surface area contributed by atoms with Gasteiger partial charge in [-0.05, 0) is 18.9 Å². The van der Waals surface area contributed by atoms with Gasteiger partial charge in [-0.3, -0.25) is 9.59 Å². The zero-order valence-electron chi connectivity index (χ0n) is 12.1. The lowest BCUT2D eigenvalue weighted by molar-refractivity contribution is 0.0950. The molecule has 112 valence electrons. The highest BCUT2D eigenvalue weighted by atomic mass is 16.4. The molecule has 0 aromatic carbocycles. The number of hydrogen-bond donors (Lipinski definition) is 2. The third-order valence-electron chi connectivity index (χ3n) is 3.33. The summed E-state index contributed by atoms with van der Waals surface area (Å²) in [5.74, 6) is -1.28. The zero-order chi connectivity index (χ0) is 15.0. The van der Waals surface area contributed by atoms with Crippen LogP contribution < -0.4 is 11.5 Å².